The highest BCUT2D eigenvalue weighted by Crippen LogP contribution is 2.42. The molecule has 0 radical (unpaired) electrons. The van der Waals surface area contributed by atoms with Crippen LogP contribution in [0.2, 0.25) is 0 Å². The Labute approximate surface area is 283 Å². The van der Waals surface area contributed by atoms with Gasteiger partial charge in [0.2, 0.25) is 0 Å². The smallest absolute Gasteiger partial charge is 0.252 e. The maximum Gasteiger partial charge on any atom is 0.269 e. The molecule has 3 heterocycles. The second kappa shape index (κ2) is 12.2. The van der Waals surface area contributed by atoms with Gasteiger partial charge in [0.05, 0.1) is 11.1 Å². The van der Waals surface area contributed by atoms with Gasteiger partial charge in [-0.1, -0.05) is 121 Å². The van der Waals surface area contributed by atoms with Crippen molar-refractivity contribution in [3.63, 3.8) is 0 Å². The molecule has 0 saturated heterocycles. The van der Waals surface area contributed by atoms with Gasteiger partial charge in [-0.05, 0) is 52.6 Å². The molecule has 6 nitrogen and oxygen atoms in total. The largest absolute Gasteiger partial charge is 0.269 e. The zero-order valence-electron chi connectivity index (χ0n) is 26.1. The van der Waals surface area contributed by atoms with Crippen molar-refractivity contribution in [3.05, 3.63) is 199 Å². The van der Waals surface area contributed by atoms with E-state index in [1.165, 1.54) is 16.1 Å². The first kappa shape index (κ1) is 30.2. The van der Waals surface area contributed by atoms with Gasteiger partial charge in [0, 0.05) is 40.7 Å². The van der Waals surface area contributed by atoms with Crippen LogP contribution in [0, 0.1) is 5.82 Å². The quantitative estimate of drug-likeness (QED) is 0.153. The molecular weight excluding hydrogens is 632 g/mol. The van der Waals surface area contributed by atoms with Gasteiger partial charge in [-0.2, -0.15) is 5.10 Å². The summed E-state index contributed by atoms with van der Waals surface area (Å²) < 4.78 is 45.1. The first-order valence-electron chi connectivity index (χ1n) is 15.8. The number of pyridine rings is 1. The molecule has 0 unspecified atom stereocenters. The Morgan fingerprint density at radius 2 is 1.10 bits per heavy atom. The van der Waals surface area contributed by atoms with Crippen LogP contribution in [0.25, 0.3) is 33.3 Å². The summed E-state index contributed by atoms with van der Waals surface area (Å²) in [6.07, 6.45) is 6.96. The van der Waals surface area contributed by atoms with E-state index in [2.05, 4.69) is 41.4 Å². The Balaban J connectivity index is 1.38. The summed E-state index contributed by atoms with van der Waals surface area (Å²) in [4.78, 5) is 4.83. The van der Waals surface area contributed by atoms with E-state index in [9.17, 15) is 12.8 Å². The Bertz CT molecular complexity index is 2400. The molecule has 0 amide bonds. The lowest BCUT2D eigenvalue weighted by molar-refractivity contribution is 0.460. The van der Waals surface area contributed by atoms with Crippen LogP contribution >= 0.6 is 0 Å². The number of rotatable bonds is 8. The summed E-state index contributed by atoms with van der Waals surface area (Å²) in [6, 6.07) is 47.0. The van der Waals surface area contributed by atoms with Crippen LogP contribution < -0.4 is 0 Å². The van der Waals surface area contributed by atoms with E-state index >= 15 is 0 Å². The minimum atomic E-state index is -4.01. The lowest BCUT2D eigenvalue weighted by atomic mass is 9.77. The van der Waals surface area contributed by atoms with E-state index in [0.29, 0.717) is 16.5 Å². The minimum Gasteiger partial charge on any atom is -0.252 e. The van der Waals surface area contributed by atoms with Gasteiger partial charge in [-0.3, -0.25) is 4.68 Å². The predicted octanol–water partition coefficient (Wildman–Crippen LogP) is 8.78. The molecule has 238 valence electrons. The van der Waals surface area contributed by atoms with E-state index in [4.69, 9.17) is 5.10 Å². The topological polar surface area (TPSA) is 69.8 Å². The zero-order valence-corrected chi connectivity index (χ0v) is 27.0. The van der Waals surface area contributed by atoms with Gasteiger partial charge in [0.15, 0.2) is 5.65 Å². The highest BCUT2D eigenvalue weighted by atomic mass is 32.2. The summed E-state index contributed by atoms with van der Waals surface area (Å²) in [5.41, 5.74) is 5.28. The number of hydrogen-bond donors (Lipinski definition) is 0. The molecule has 0 bridgehead atoms. The third kappa shape index (κ3) is 5.14. The predicted molar refractivity (Wildman–Crippen MR) is 190 cm³/mol. The van der Waals surface area contributed by atoms with E-state index < -0.39 is 15.6 Å². The van der Waals surface area contributed by atoms with Gasteiger partial charge in [-0.15, -0.1) is 0 Å². The maximum absolute atomic E-state index is 14.1. The van der Waals surface area contributed by atoms with Crippen molar-refractivity contribution < 1.29 is 12.8 Å². The lowest BCUT2D eigenvalue weighted by Gasteiger charge is -2.36. The summed E-state index contributed by atoms with van der Waals surface area (Å²) >= 11 is 0. The third-order valence-corrected chi connectivity index (χ3v) is 10.6. The third-order valence-electron chi connectivity index (χ3n) is 8.90. The van der Waals surface area contributed by atoms with Gasteiger partial charge in [-0.25, -0.2) is 21.8 Å². The van der Waals surface area contributed by atoms with Crippen molar-refractivity contribution in [2.75, 3.05) is 0 Å². The summed E-state index contributed by atoms with van der Waals surface area (Å²) in [5, 5.41) is 5.63. The molecule has 0 N–H and O–H groups in total. The van der Waals surface area contributed by atoms with Crippen molar-refractivity contribution in [2.45, 2.75) is 10.4 Å². The first-order valence-corrected chi connectivity index (χ1v) is 17.2. The number of halogens is 1. The molecule has 49 heavy (non-hydrogen) atoms. The number of benzene rings is 5. The number of aromatic nitrogens is 4. The van der Waals surface area contributed by atoms with Gasteiger partial charge in [0.25, 0.3) is 10.0 Å². The molecule has 8 rings (SSSR count). The Hall–Kier alpha value is -6.12. The Morgan fingerprint density at radius 3 is 1.65 bits per heavy atom. The standard InChI is InChI=1S/C41H29FN4O2S/c42-36-23-21-30(22-24-36)31-25-38-39(29-45(40(38)43-26-31)49(47,48)37-19-11-4-12-20-37)32-27-44-46(28-32)41(33-13-5-1-6-14-33,34-15-7-2-8-16-34)35-17-9-3-10-18-35/h1-29H. The molecule has 5 aromatic carbocycles. The fourth-order valence-corrected chi connectivity index (χ4v) is 7.92. The summed E-state index contributed by atoms with van der Waals surface area (Å²) in [6.45, 7) is 0. The maximum atomic E-state index is 14.1. The molecule has 0 aliphatic carbocycles. The Kier molecular flexibility index (Phi) is 7.50. The van der Waals surface area contributed by atoms with Crippen molar-refractivity contribution in [1.82, 2.24) is 18.7 Å². The van der Waals surface area contributed by atoms with Crippen LogP contribution in [0.5, 0.6) is 0 Å². The molecule has 3 aromatic heterocycles. The average molecular weight is 661 g/mol. The van der Waals surface area contributed by atoms with Gasteiger partial charge in [0.1, 0.15) is 11.4 Å². The van der Waals surface area contributed by atoms with Gasteiger partial charge < -0.3 is 0 Å². The second-order valence-corrected chi connectivity index (χ2v) is 13.6. The number of nitrogens with zero attached hydrogens (tertiary/aromatic N) is 4. The fourth-order valence-electron chi connectivity index (χ4n) is 6.58. The molecule has 8 aromatic rings. The SMILES string of the molecule is O=S(=O)(c1ccccc1)n1cc(-c2cnn(C(c3ccccc3)(c3ccccc3)c3ccccc3)c2)c2cc(-c3ccc(F)cc3)cnc21. The number of hydrogen-bond acceptors (Lipinski definition) is 4. The van der Waals surface area contributed by atoms with Crippen molar-refractivity contribution >= 4 is 21.1 Å². The second-order valence-electron chi connectivity index (χ2n) is 11.7. The summed E-state index contributed by atoms with van der Waals surface area (Å²) in [5.74, 6) is -0.343. The van der Waals surface area contributed by atoms with E-state index in [1.807, 2.05) is 71.5 Å². The van der Waals surface area contributed by atoms with Crippen LogP contribution in [0.1, 0.15) is 16.7 Å². The van der Waals surface area contributed by atoms with Crippen LogP contribution in [0.3, 0.4) is 0 Å². The van der Waals surface area contributed by atoms with Crippen LogP contribution in [0.15, 0.2) is 181 Å². The van der Waals surface area contributed by atoms with Crippen molar-refractivity contribution in [2.24, 2.45) is 0 Å². The molecule has 0 atom stereocenters. The highest BCUT2D eigenvalue weighted by Gasteiger charge is 2.39. The number of fused-ring (bicyclic) bond motifs is 1. The fraction of sp³-hybridized carbons (Fsp3) is 0.0244. The molecule has 0 fully saturated rings. The zero-order chi connectivity index (χ0) is 33.4. The van der Waals surface area contributed by atoms with Crippen LogP contribution in [0.4, 0.5) is 4.39 Å². The minimum absolute atomic E-state index is 0.148. The van der Waals surface area contributed by atoms with Crippen molar-refractivity contribution in [1.29, 1.82) is 0 Å². The van der Waals surface area contributed by atoms with Crippen LogP contribution in [-0.4, -0.2) is 27.2 Å². The van der Waals surface area contributed by atoms with Crippen molar-refractivity contribution in [3.8, 4) is 22.3 Å². The van der Waals surface area contributed by atoms with E-state index in [-0.39, 0.29) is 16.4 Å². The summed E-state index contributed by atoms with van der Waals surface area (Å²) in [7, 11) is -4.01. The molecule has 0 aliphatic rings. The molecular formula is C41H29FN4O2S. The average Bonchev–Trinajstić information content (AvgIpc) is 3.80. The molecule has 8 heteroatoms. The molecule has 0 spiro atoms. The monoisotopic (exact) mass is 660 g/mol. The van der Waals surface area contributed by atoms with E-state index in [0.717, 1.165) is 27.8 Å². The highest BCUT2D eigenvalue weighted by molar-refractivity contribution is 7.90. The van der Waals surface area contributed by atoms with E-state index in [1.54, 1.807) is 61.1 Å². The molecule has 0 saturated carbocycles. The normalized spacial score (nSPS) is 11.9. The molecule has 0 aliphatic heterocycles. The van der Waals surface area contributed by atoms with Crippen LogP contribution in [-0.2, 0) is 15.6 Å². The first-order chi connectivity index (χ1) is 24.0. The lowest BCUT2D eigenvalue weighted by Crippen LogP contribution is -2.38. The van der Waals surface area contributed by atoms with Gasteiger partial charge >= 0.3 is 0 Å². The Morgan fingerprint density at radius 1 is 0.571 bits per heavy atom.